The number of aliphatic hydroxyl groups excluding tert-OH is 1. The maximum Gasteiger partial charge on any atom is 0.0589 e. The van der Waals surface area contributed by atoms with Gasteiger partial charge in [0, 0.05) is 26.2 Å². The van der Waals surface area contributed by atoms with Crippen LogP contribution >= 0.6 is 0 Å². The Balaban J connectivity index is 1.92. The Kier molecular flexibility index (Phi) is 6.51. The zero-order chi connectivity index (χ0) is 15.4. The van der Waals surface area contributed by atoms with E-state index in [9.17, 15) is 5.11 Å². The lowest BCUT2D eigenvalue weighted by molar-refractivity contribution is 0.00476. The third-order valence-corrected chi connectivity index (χ3v) is 5.86. The highest BCUT2D eigenvalue weighted by Crippen LogP contribution is 2.38. The molecule has 2 saturated carbocycles. The highest BCUT2D eigenvalue weighted by atomic mass is 16.5. The Morgan fingerprint density at radius 1 is 1.10 bits per heavy atom. The monoisotopic (exact) mass is 297 g/mol. The second-order valence-electron chi connectivity index (χ2n) is 7.71. The highest BCUT2D eigenvalue weighted by molar-refractivity contribution is 4.89. The van der Waals surface area contributed by atoms with Gasteiger partial charge in [-0.05, 0) is 62.7 Å². The van der Waals surface area contributed by atoms with E-state index in [2.05, 4.69) is 25.7 Å². The molecular formula is C18H35NO2. The van der Waals surface area contributed by atoms with Crippen molar-refractivity contribution >= 4 is 0 Å². The van der Waals surface area contributed by atoms with E-state index in [1.54, 1.807) is 7.11 Å². The molecule has 0 bridgehead atoms. The van der Waals surface area contributed by atoms with Gasteiger partial charge in [0.2, 0.25) is 0 Å². The van der Waals surface area contributed by atoms with Crippen LogP contribution in [-0.4, -0.2) is 49.0 Å². The summed E-state index contributed by atoms with van der Waals surface area (Å²) in [6.45, 7) is 9.87. The number of hydrogen-bond donors (Lipinski definition) is 1. The third kappa shape index (κ3) is 4.94. The molecule has 3 heteroatoms. The van der Waals surface area contributed by atoms with Crippen LogP contribution in [0.4, 0.5) is 0 Å². The number of methoxy groups -OCH3 is 1. The van der Waals surface area contributed by atoms with E-state index in [0.717, 1.165) is 43.9 Å². The number of rotatable bonds is 8. The summed E-state index contributed by atoms with van der Waals surface area (Å²) < 4.78 is 5.29. The summed E-state index contributed by atoms with van der Waals surface area (Å²) in [5, 5.41) is 10.4. The summed E-state index contributed by atoms with van der Waals surface area (Å²) in [4.78, 5) is 2.58. The van der Waals surface area contributed by atoms with E-state index in [1.165, 1.54) is 25.7 Å². The second kappa shape index (κ2) is 7.94. The van der Waals surface area contributed by atoms with Crippen LogP contribution in [0.15, 0.2) is 0 Å². The van der Waals surface area contributed by atoms with Crippen LogP contribution in [0.1, 0.15) is 52.9 Å². The normalized spacial score (nSPS) is 31.9. The van der Waals surface area contributed by atoms with Crippen molar-refractivity contribution in [2.45, 2.75) is 65.0 Å². The number of nitrogens with zero attached hydrogens (tertiary/aromatic N) is 1. The van der Waals surface area contributed by atoms with Crippen LogP contribution in [0, 0.1) is 23.7 Å². The molecule has 0 aromatic rings. The summed E-state index contributed by atoms with van der Waals surface area (Å²) in [6, 6.07) is 0.645. The molecule has 0 saturated heterocycles. The summed E-state index contributed by atoms with van der Waals surface area (Å²) in [5.74, 6) is 2.86. The van der Waals surface area contributed by atoms with Crippen LogP contribution in [0.2, 0.25) is 0 Å². The molecule has 2 aliphatic carbocycles. The van der Waals surface area contributed by atoms with Crippen LogP contribution in [0.3, 0.4) is 0 Å². The number of hydrogen-bond acceptors (Lipinski definition) is 3. The number of aliphatic hydroxyl groups is 1. The quantitative estimate of drug-likeness (QED) is 0.747. The Morgan fingerprint density at radius 3 is 2.33 bits per heavy atom. The van der Waals surface area contributed by atoms with Crippen molar-refractivity contribution in [1.82, 2.24) is 4.90 Å². The van der Waals surface area contributed by atoms with Crippen LogP contribution in [0.25, 0.3) is 0 Å². The SMILES string of the molecule is COCCN(CC1CC(C(C)C)CCC1O)C(C)C1CC1. The molecule has 0 aliphatic heterocycles. The molecule has 0 amide bonds. The molecule has 124 valence electrons. The molecule has 4 atom stereocenters. The molecule has 0 radical (unpaired) electrons. The molecule has 0 heterocycles. The molecule has 2 fully saturated rings. The van der Waals surface area contributed by atoms with E-state index in [1.807, 2.05) is 0 Å². The summed E-state index contributed by atoms with van der Waals surface area (Å²) in [6.07, 6.45) is 6.05. The van der Waals surface area contributed by atoms with Crippen molar-refractivity contribution in [3.05, 3.63) is 0 Å². The predicted molar refractivity (Wildman–Crippen MR) is 87.3 cm³/mol. The average molecular weight is 297 g/mol. The van der Waals surface area contributed by atoms with Crippen molar-refractivity contribution in [3.8, 4) is 0 Å². The van der Waals surface area contributed by atoms with Gasteiger partial charge in [-0.15, -0.1) is 0 Å². The lowest BCUT2D eigenvalue weighted by Crippen LogP contribution is -2.45. The topological polar surface area (TPSA) is 32.7 Å². The minimum absolute atomic E-state index is 0.101. The van der Waals surface area contributed by atoms with Gasteiger partial charge in [0.05, 0.1) is 12.7 Å². The molecule has 1 N–H and O–H groups in total. The van der Waals surface area contributed by atoms with Crippen molar-refractivity contribution < 1.29 is 9.84 Å². The van der Waals surface area contributed by atoms with Gasteiger partial charge in [0.25, 0.3) is 0 Å². The molecule has 4 unspecified atom stereocenters. The van der Waals surface area contributed by atoms with E-state index >= 15 is 0 Å². The van der Waals surface area contributed by atoms with Gasteiger partial charge < -0.3 is 9.84 Å². The zero-order valence-electron chi connectivity index (χ0n) is 14.4. The fourth-order valence-electron chi connectivity index (χ4n) is 3.93. The largest absolute Gasteiger partial charge is 0.393 e. The first-order valence-corrected chi connectivity index (χ1v) is 8.94. The Hall–Kier alpha value is -0.120. The summed E-state index contributed by atoms with van der Waals surface area (Å²) >= 11 is 0. The summed E-state index contributed by atoms with van der Waals surface area (Å²) in [5.41, 5.74) is 0. The fourth-order valence-corrected chi connectivity index (χ4v) is 3.93. The predicted octanol–water partition coefficient (Wildman–Crippen LogP) is 3.17. The van der Waals surface area contributed by atoms with Gasteiger partial charge >= 0.3 is 0 Å². The van der Waals surface area contributed by atoms with E-state index < -0.39 is 0 Å². The smallest absolute Gasteiger partial charge is 0.0589 e. The molecule has 0 spiro atoms. The van der Waals surface area contributed by atoms with Crippen molar-refractivity contribution in [2.24, 2.45) is 23.7 Å². The third-order valence-electron chi connectivity index (χ3n) is 5.86. The Labute approximate surface area is 131 Å². The molecule has 2 rings (SSSR count). The lowest BCUT2D eigenvalue weighted by atomic mass is 9.74. The molecule has 0 aromatic heterocycles. The van der Waals surface area contributed by atoms with Crippen molar-refractivity contribution in [3.63, 3.8) is 0 Å². The van der Waals surface area contributed by atoms with Crippen LogP contribution in [0.5, 0.6) is 0 Å². The van der Waals surface area contributed by atoms with Crippen LogP contribution in [-0.2, 0) is 4.74 Å². The molecule has 0 aromatic carbocycles. The number of ether oxygens (including phenoxy) is 1. The molecule has 2 aliphatic rings. The van der Waals surface area contributed by atoms with Crippen molar-refractivity contribution in [1.29, 1.82) is 0 Å². The van der Waals surface area contributed by atoms with Gasteiger partial charge in [0.1, 0.15) is 0 Å². The van der Waals surface area contributed by atoms with E-state index in [-0.39, 0.29) is 6.10 Å². The zero-order valence-corrected chi connectivity index (χ0v) is 14.4. The highest BCUT2D eigenvalue weighted by Gasteiger charge is 2.36. The van der Waals surface area contributed by atoms with Gasteiger partial charge in [-0.2, -0.15) is 0 Å². The fraction of sp³-hybridized carbons (Fsp3) is 1.00. The Bertz CT molecular complexity index is 304. The second-order valence-corrected chi connectivity index (χ2v) is 7.71. The van der Waals surface area contributed by atoms with E-state index in [0.29, 0.717) is 12.0 Å². The first kappa shape index (κ1) is 17.2. The van der Waals surface area contributed by atoms with Gasteiger partial charge in [-0.1, -0.05) is 13.8 Å². The minimum atomic E-state index is -0.101. The van der Waals surface area contributed by atoms with Gasteiger partial charge in [-0.25, -0.2) is 0 Å². The van der Waals surface area contributed by atoms with Crippen LogP contribution < -0.4 is 0 Å². The maximum atomic E-state index is 10.4. The maximum absolute atomic E-state index is 10.4. The molecular weight excluding hydrogens is 262 g/mol. The molecule has 3 nitrogen and oxygen atoms in total. The first-order chi connectivity index (χ1) is 10.0. The summed E-state index contributed by atoms with van der Waals surface area (Å²) in [7, 11) is 1.78. The first-order valence-electron chi connectivity index (χ1n) is 8.94. The standard InChI is InChI=1S/C18H35NO2/c1-13(2)16-7-8-18(20)17(11-16)12-19(9-10-21-4)14(3)15-5-6-15/h13-18,20H,5-12H2,1-4H3. The Morgan fingerprint density at radius 2 is 1.76 bits per heavy atom. The lowest BCUT2D eigenvalue weighted by Gasteiger charge is -2.40. The van der Waals surface area contributed by atoms with Gasteiger partial charge in [0.15, 0.2) is 0 Å². The van der Waals surface area contributed by atoms with E-state index in [4.69, 9.17) is 4.74 Å². The average Bonchev–Trinajstić information content (AvgIpc) is 3.28. The van der Waals surface area contributed by atoms with Gasteiger partial charge in [-0.3, -0.25) is 4.90 Å². The molecule has 21 heavy (non-hydrogen) atoms. The minimum Gasteiger partial charge on any atom is -0.393 e. The van der Waals surface area contributed by atoms with Crippen molar-refractivity contribution in [2.75, 3.05) is 26.8 Å².